The average molecular weight is 327 g/mol. The molecule has 0 radical (unpaired) electrons. The van der Waals surface area contributed by atoms with Crippen LogP contribution >= 0.6 is 0 Å². The summed E-state index contributed by atoms with van der Waals surface area (Å²) >= 11 is 0. The van der Waals surface area contributed by atoms with Crippen LogP contribution in [0.3, 0.4) is 0 Å². The summed E-state index contributed by atoms with van der Waals surface area (Å²) in [6, 6.07) is 6.05. The lowest BCUT2D eigenvalue weighted by atomic mass is 9.97. The molecule has 1 aromatic heterocycles. The molecule has 1 aromatic carbocycles. The van der Waals surface area contributed by atoms with Crippen molar-refractivity contribution in [2.45, 2.75) is 32.1 Å². The number of nitrogens with two attached hydrogens (primary N) is 1. The molecule has 4 N–H and O–H groups in total. The van der Waals surface area contributed by atoms with Gasteiger partial charge in [0.2, 0.25) is 0 Å². The van der Waals surface area contributed by atoms with Crippen molar-refractivity contribution >= 4 is 23.0 Å². The normalized spacial score (nSPS) is 14.1. The van der Waals surface area contributed by atoms with E-state index in [1.165, 1.54) is 49.7 Å². The van der Waals surface area contributed by atoms with E-state index in [0.29, 0.717) is 17.3 Å². The van der Waals surface area contributed by atoms with Gasteiger partial charge in [0.05, 0.1) is 0 Å². The topological polar surface area (TPSA) is 75.9 Å². The maximum absolute atomic E-state index is 13.0. The zero-order chi connectivity index (χ0) is 16.8. The van der Waals surface area contributed by atoms with Crippen LogP contribution in [-0.4, -0.2) is 16.5 Å². The van der Waals surface area contributed by atoms with E-state index in [9.17, 15) is 4.39 Å². The zero-order valence-electron chi connectivity index (χ0n) is 13.6. The molecule has 6 heteroatoms. The van der Waals surface area contributed by atoms with Gasteiger partial charge >= 0.3 is 0 Å². The van der Waals surface area contributed by atoms with Crippen LogP contribution in [0, 0.1) is 5.82 Å². The van der Waals surface area contributed by atoms with E-state index in [4.69, 9.17) is 5.73 Å². The van der Waals surface area contributed by atoms with E-state index in [1.54, 1.807) is 12.1 Å². The lowest BCUT2D eigenvalue weighted by Gasteiger charge is -2.15. The minimum Gasteiger partial charge on any atom is -0.393 e. The van der Waals surface area contributed by atoms with Crippen molar-refractivity contribution in [2.24, 2.45) is 0 Å². The van der Waals surface area contributed by atoms with Crippen molar-refractivity contribution in [1.82, 2.24) is 9.97 Å². The summed E-state index contributed by atoms with van der Waals surface area (Å²) in [6.07, 6.45) is 9.78. The third kappa shape index (κ3) is 4.22. The Labute approximate surface area is 141 Å². The Hall–Kier alpha value is -2.63. The number of rotatable bonds is 6. The Morgan fingerprint density at radius 3 is 2.62 bits per heavy atom. The highest BCUT2D eigenvalue weighted by Gasteiger charge is 2.09. The van der Waals surface area contributed by atoms with E-state index in [1.807, 2.05) is 0 Å². The number of nitrogens with zero attached hydrogens (tertiary/aromatic N) is 2. The van der Waals surface area contributed by atoms with Crippen LogP contribution < -0.4 is 16.4 Å². The summed E-state index contributed by atoms with van der Waals surface area (Å²) in [5, 5.41) is 6.36. The molecule has 0 atom stereocenters. The zero-order valence-corrected chi connectivity index (χ0v) is 13.6. The first kappa shape index (κ1) is 16.2. The predicted molar refractivity (Wildman–Crippen MR) is 95.8 cm³/mol. The van der Waals surface area contributed by atoms with Gasteiger partial charge in [-0.05, 0) is 56.4 Å². The van der Waals surface area contributed by atoms with Crippen molar-refractivity contribution in [1.29, 1.82) is 0 Å². The number of nitrogens with one attached hydrogen (secondary N) is 2. The predicted octanol–water partition coefficient (Wildman–Crippen LogP) is 4.24. The minimum absolute atomic E-state index is 0.282. The van der Waals surface area contributed by atoms with Gasteiger partial charge < -0.3 is 16.4 Å². The maximum Gasteiger partial charge on any atom is 0.159 e. The van der Waals surface area contributed by atoms with Crippen LogP contribution in [0.2, 0.25) is 0 Å². The minimum atomic E-state index is -0.282. The molecule has 0 amide bonds. The van der Waals surface area contributed by atoms with Gasteiger partial charge in [-0.25, -0.2) is 14.4 Å². The van der Waals surface area contributed by atoms with Crippen molar-refractivity contribution in [2.75, 3.05) is 22.9 Å². The van der Waals surface area contributed by atoms with Crippen LogP contribution in [0.5, 0.6) is 0 Å². The molecule has 0 unspecified atom stereocenters. The Morgan fingerprint density at radius 2 is 1.88 bits per heavy atom. The van der Waals surface area contributed by atoms with E-state index in [-0.39, 0.29) is 5.82 Å². The van der Waals surface area contributed by atoms with Gasteiger partial charge in [-0.2, -0.15) is 0 Å². The van der Waals surface area contributed by atoms with Crippen LogP contribution in [0.4, 0.5) is 27.4 Å². The van der Waals surface area contributed by atoms with E-state index < -0.39 is 0 Å². The molecular weight excluding hydrogens is 305 g/mol. The first-order chi connectivity index (χ1) is 11.7. The van der Waals surface area contributed by atoms with Crippen LogP contribution in [0.25, 0.3) is 0 Å². The van der Waals surface area contributed by atoms with Crippen molar-refractivity contribution in [3.63, 3.8) is 0 Å². The molecule has 0 saturated heterocycles. The van der Waals surface area contributed by atoms with Crippen LogP contribution in [0.15, 0.2) is 42.2 Å². The van der Waals surface area contributed by atoms with Crippen molar-refractivity contribution in [3.05, 3.63) is 48.1 Å². The fourth-order valence-electron chi connectivity index (χ4n) is 2.78. The quantitative estimate of drug-likeness (QED) is 0.692. The first-order valence-corrected chi connectivity index (χ1v) is 8.27. The summed E-state index contributed by atoms with van der Waals surface area (Å²) < 4.78 is 13.0. The molecule has 1 aliphatic rings. The summed E-state index contributed by atoms with van der Waals surface area (Å²) in [5.41, 5.74) is 8.83. The fraction of sp³-hybridized carbons (Fsp3) is 0.333. The molecular formula is C18H22FN5. The van der Waals surface area contributed by atoms with Gasteiger partial charge in [0.1, 0.15) is 17.8 Å². The van der Waals surface area contributed by atoms with Crippen molar-refractivity contribution < 1.29 is 4.39 Å². The molecule has 0 aliphatic heterocycles. The molecule has 1 heterocycles. The largest absolute Gasteiger partial charge is 0.393 e. The number of anilines is 4. The number of halogens is 1. The monoisotopic (exact) mass is 327 g/mol. The van der Waals surface area contributed by atoms with Gasteiger partial charge in [-0.15, -0.1) is 0 Å². The van der Waals surface area contributed by atoms with Crippen molar-refractivity contribution in [3.8, 4) is 0 Å². The van der Waals surface area contributed by atoms with Gasteiger partial charge in [0.15, 0.2) is 11.6 Å². The molecule has 24 heavy (non-hydrogen) atoms. The lowest BCUT2D eigenvalue weighted by molar-refractivity contribution is 0.628. The molecule has 0 saturated carbocycles. The number of nitrogen functional groups attached to an aromatic ring is 1. The Kier molecular flexibility index (Phi) is 5.25. The second-order valence-electron chi connectivity index (χ2n) is 5.90. The maximum atomic E-state index is 13.0. The summed E-state index contributed by atoms with van der Waals surface area (Å²) in [6.45, 7) is 0.795. The summed E-state index contributed by atoms with van der Waals surface area (Å²) in [4.78, 5) is 8.37. The number of benzene rings is 1. The molecule has 2 aromatic rings. The molecule has 1 aliphatic carbocycles. The molecule has 5 nitrogen and oxygen atoms in total. The standard InChI is InChI=1S/C18H22FN5/c19-14-6-8-15(9-7-14)24-18-16(20)17(22-12-23-18)21-11-10-13-4-2-1-3-5-13/h4,6-9,12H,1-3,5,10-11,20H2,(H2,21,22,23,24). The third-order valence-corrected chi connectivity index (χ3v) is 4.11. The van der Waals surface area contributed by atoms with Gasteiger partial charge in [0, 0.05) is 12.2 Å². The third-order valence-electron chi connectivity index (χ3n) is 4.11. The Bertz CT molecular complexity index is 712. The second-order valence-corrected chi connectivity index (χ2v) is 5.90. The van der Waals surface area contributed by atoms with Gasteiger partial charge in [-0.3, -0.25) is 0 Å². The first-order valence-electron chi connectivity index (χ1n) is 8.27. The van der Waals surface area contributed by atoms with Crippen LogP contribution in [0.1, 0.15) is 32.1 Å². The second kappa shape index (κ2) is 7.77. The highest BCUT2D eigenvalue weighted by Crippen LogP contribution is 2.26. The summed E-state index contributed by atoms with van der Waals surface area (Å²) in [5.74, 6) is 0.845. The molecule has 0 bridgehead atoms. The number of allylic oxidation sites excluding steroid dienone is 1. The number of hydrogen-bond donors (Lipinski definition) is 3. The Morgan fingerprint density at radius 1 is 1.08 bits per heavy atom. The fourth-order valence-corrected chi connectivity index (χ4v) is 2.78. The van der Waals surface area contributed by atoms with E-state index >= 15 is 0 Å². The lowest BCUT2D eigenvalue weighted by Crippen LogP contribution is -2.10. The average Bonchev–Trinajstić information content (AvgIpc) is 2.61. The van der Waals surface area contributed by atoms with E-state index in [0.717, 1.165) is 18.7 Å². The molecule has 0 fully saturated rings. The van der Waals surface area contributed by atoms with Gasteiger partial charge in [-0.1, -0.05) is 11.6 Å². The number of aromatic nitrogens is 2. The highest BCUT2D eigenvalue weighted by molar-refractivity contribution is 5.77. The van der Waals surface area contributed by atoms with Crippen LogP contribution in [-0.2, 0) is 0 Å². The summed E-state index contributed by atoms with van der Waals surface area (Å²) in [7, 11) is 0. The SMILES string of the molecule is Nc1c(NCCC2=CCCCC2)ncnc1Nc1ccc(F)cc1. The molecule has 3 rings (SSSR count). The Balaban J connectivity index is 1.62. The molecule has 0 spiro atoms. The number of hydrogen-bond acceptors (Lipinski definition) is 5. The highest BCUT2D eigenvalue weighted by atomic mass is 19.1. The van der Waals surface area contributed by atoms with Gasteiger partial charge in [0.25, 0.3) is 0 Å². The van der Waals surface area contributed by atoms with E-state index in [2.05, 4.69) is 26.7 Å². The molecule has 126 valence electrons. The smallest absolute Gasteiger partial charge is 0.159 e.